The van der Waals surface area contributed by atoms with Crippen molar-refractivity contribution in [2.24, 2.45) is 0 Å². The van der Waals surface area contributed by atoms with Gasteiger partial charge in [0.25, 0.3) is 0 Å². The zero-order valence-corrected chi connectivity index (χ0v) is 9.91. The maximum Gasteiger partial charge on any atom is 0 e. The van der Waals surface area contributed by atoms with Crippen LogP contribution in [0, 0.1) is 20.0 Å². The van der Waals surface area contributed by atoms with E-state index in [4.69, 9.17) is 14.0 Å². The van der Waals surface area contributed by atoms with Crippen molar-refractivity contribution in [3.63, 3.8) is 0 Å². The van der Waals surface area contributed by atoms with Gasteiger partial charge in [0.1, 0.15) is 0 Å². The van der Waals surface area contributed by atoms with Gasteiger partial charge in [0.05, 0.1) is 0 Å². The summed E-state index contributed by atoms with van der Waals surface area (Å²) >= 11 is 0. The molecule has 0 aromatic heterocycles. The van der Waals surface area contributed by atoms with Crippen LogP contribution in [0.3, 0.4) is 0 Å². The molecule has 0 N–H and O–H groups in total. The predicted molar refractivity (Wildman–Crippen MR) is 48.1 cm³/mol. The van der Waals surface area contributed by atoms with Crippen molar-refractivity contribution in [2.45, 2.75) is 0 Å². The maximum atomic E-state index is 10.7. The molecule has 0 aromatic rings. The Kier molecular flexibility index (Phi) is 29.5. The van der Waals surface area contributed by atoms with Gasteiger partial charge in [-0.1, -0.05) is 24.3 Å². The molecule has 1 rings (SSSR count). The Morgan fingerprint density at radius 2 is 0.938 bits per heavy atom. The van der Waals surface area contributed by atoms with E-state index >= 15 is 0 Å². The van der Waals surface area contributed by atoms with Crippen LogP contribution in [-0.4, -0.2) is 8.42 Å². The fraction of sp³-hybridized carbons (Fsp3) is 0. The number of hydrogen-bond acceptors (Lipinski definition) is 2. The van der Waals surface area contributed by atoms with Gasteiger partial charge in [0, 0.05) is 28.2 Å². The van der Waals surface area contributed by atoms with Crippen LogP contribution in [0.2, 0.25) is 0 Å². The van der Waals surface area contributed by atoms with Crippen LogP contribution in [0.15, 0.2) is 35.1 Å². The molecule has 1 heterocycles. The molecule has 0 saturated carbocycles. The van der Waals surface area contributed by atoms with Gasteiger partial charge >= 0.3 is 33.9 Å². The Morgan fingerprint density at radius 1 is 0.688 bits per heavy atom. The summed E-state index contributed by atoms with van der Waals surface area (Å²) in [6.07, 6.45) is 6.33. The van der Waals surface area contributed by atoms with E-state index in [-0.39, 0.29) is 17.4 Å². The molecule has 1 aliphatic rings. The van der Waals surface area contributed by atoms with E-state index in [1.54, 1.807) is 12.2 Å². The molecule has 0 fully saturated rings. The minimum Gasteiger partial charge on any atom is 0 e. The molecule has 1 aliphatic heterocycles. The van der Waals surface area contributed by atoms with Gasteiger partial charge in [-0.15, -0.1) is 0 Å². The smallest absolute Gasteiger partial charge is 0 e. The van der Waals surface area contributed by atoms with Gasteiger partial charge in [-0.3, -0.25) is 0 Å². The summed E-state index contributed by atoms with van der Waals surface area (Å²) in [6, 6.07) is 0. The summed E-state index contributed by atoms with van der Waals surface area (Å²) < 4.78 is 43.8. The minimum atomic E-state index is -3.04. The molecule has 0 saturated heterocycles. The van der Waals surface area contributed by atoms with Crippen molar-refractivity contribution in [2.75, 3.05) is 0 Å². The Morgan fingerprint density at radius 3 is 1.19 bits per heavy atom. The van der Waals surface area contributed by atoms with Gasteiger partial charge in [-0.2, -0.15) is 0 Å². The van der Waals surface area contributed by atoms with E-state index in [9.17, 15) is 8.42 Å². The predicted octanol–water partition coefficient (Wildman–Crippen LogP) is 0.883. The number of rotatable bonds is 0. The van der Waals surface area contributed by atoms with E-state index in [1.807, 2.05) is 0 Å². The van der Waals surface area contributed by atoms with E-state index in [0.717, 1.165) is 10.8 Å². The van der Waals surface area contributed by atoms with Crippen molar-refractivity contribution >= 4 is 9.84 Å². The maximum absolute atomic E-state index is 10.7. The molecular weight excluding hydrogens is 272 g/mol. The first-order valence-corrected chi connectivity index (χ1v) is 4.69. The Labute approximate surface area is 105 Å². The molecule has 0 unspecified atom stereocenters. The van der Waals surface area contributed by atoms with E-state index in [1.165, 1.54) is 12.2 Å². The van der Waals surface area contributed by atoms with Gasteiger partial charge in [0.15, 0.2) is 9.84 Å². The van der Waals surface area contributed by atoms with E-state index in [2.05, 4.69) is 20.0 Å². The molecular formula is C9H6CrO5S. The monoisotopic (exact) mass is 278 g/mol. The van der Waals surface area contributed by atoms with Crippen molar-refractivity contribution in [1.29, 1.82) is 0 Å². The molecule has 0 atom stereocenters. The fourth-order valence-electron chi connectivity index (χ4n) is 0.483. The summed E-state index contributed by atoms with van der Waals surface area (Å²) in [6.45, 7) is 13.5. The summed E-state index contributed by atoms with van der Waals surface area (Å²) in [4.78, 5) is 0. The standard InChI is InChI=1S/C6H6O2S.3CO.Cr/c7-9(8)5-3-1-2-4-6-9;3*1-2;/h1-6H;;;;. The Balaban J connectivity index is -0.0000000900. The molecule has 5 nitrogen and oxygen atoms in total. The van der Waals surface area contributed by atoms with Gasteiger partial charge < -0.3 is 0 Å². The van der Waals surface area contributed by atoms with E-state index in [0.29, 0.717) is 0 Å². The van der Waals surface area contributed by atoms with Crippen LogP contribution in [0.1, 0.15) is 0 Å². The largest absolute Gasteiger partial charge is 0 e. The first kappa shape index (κ1) is 24.2. The van der Waals surface area contributed by atoms with Crippen LogP contribution in [0.4, 0.5) is 0 Å². The quantitative estimate of drug-likeness (QED) is 0.486. The van der Waals surface area contributed by atoms with Crippen LogP contribution in [0.5, 0.6) is 0 Å². The fourth-order valence-corrected chi connectivity index (χ4v) is 1.19. The third-order valence-electron chi connectivity index (χ3n) is 0.870. The average Bonchev–Trinajstić information content (AvgIpc) is 2.50. The molecule has 84 valence electrons. The molecule has 0 aromatic carbocycles. The zero-order valence-electron chi connectivity index (χ0n) is 7.82. The number of hydrogen-bond donors (Lipinski definition) is 0. The third kappa shape index (κ3) is 18.7. The van der Waals surface area contributed by atoms with E-state index < -0.39 is 9.84 Å². The second kappa shape index (κ2) is 19.5. The molecule has 0 aliphatic carbocycles. The molecule has 0 amide bonds. The molecule has 7 heteroatoms. The van der Waals surface area contributed by atoms with Crippen molar-refractivity contribution in [1.82, 2.24) is 0 Å². The number of allylic oxidation sites excluding steroid dienone is 4. The Bertz CT molecular complexity index is 348. The minimum absolute atomic E-state index is 0. The van der Waals surface area contributed by atoms with Crippen molar-refractivity contribution in [3.8, 4) is 0 Å². The topological polar surface area (TPSA) is 93.8 Å². The van der Waals surface area contributed by atoms with Gasteiger partial charge in [-0.25, -0.2) is 8.42 Å². The first-order valence-electron chi connectivity index (χ1n) is 3.08. The van der Waals surface area contributed by atoms with Gasteiger partial charge in [-0.05, 0) is 0 Å². The van der Waals surface area contributed by atoms with Crippen LogP contribution >= 0.6 is 0 Å². The third-order valence-corrected chi connectivity index (χ3v) is 1.94. The second-order valence-corrected chi connectivity index (χ2v) is 3.35. The summed E-state index contributed by atoms with van der Waals surface area (Å²) in [5, 5.41) is 2.32. The molecule has 16 heavy (non-hydrogen) atoms. The zero-order chi connectivity index (χ0) is 12.7. The van der Waals surface area contributed by atoms with Crippen LogP contribution in [0.25, 0.3) is 0 Å². The molecule has 0 radical (unpaired) electrons. The second-order valence-electron chi connectivity index (χ2n) is 1.63. The average molecular weight is 278 g/mol. The molecule has 0 bridgehead atoms. The van der Waals surface area contributed by atoms with Crippen LogP contribution < -0.4 is 0 Å². The number of sulfone groups is 1. The van der Waals surface area contributed by atoms with Crippen molar-refractivity contribution in [3.05, 3.63) is 55.1 Å². The SMILES string of the molecule is O=S1(=O)C=CC=CC=C1.[C-]#[O+].[C-]#[O+].[C-]#[O+].[Cr]. The first-order chi connectivity index (χ1) is 7.21. The summed E-state index contributed by atoms with van der Waals surface area (Å²) in [7, 11) is -3.04. The Hall–Kier alpha value is -1.08. The molecule has 0 spiro atoms. The normalized spacial score (nSPS) is 12.6. The van der Waals surface area contributed by atoms with Crippen LogP contribution in [-0.2, 0) is 41.2 Å². The van der Waals surface area contributed by atoms with Crippen molar-refractivity contribution < 1.29 is 39.7 Å². The summed E-state index contributed by atoms with van der Waals surface area (Å²) in [5.74, 6) is 0. The summed E-state index contributed by atoms with van der Waals surface area (Å²) in [5.41, 5.74) is 0. The van der Waals surface area contributed by atoms with Gasteiger partial charge in [0.2, 0.25) is 0 Å².